The fourth-order valence-electron chi connectivity index (χ4n) is 4.49. The van der Waals surface area contributed by atoms with Gasteiger partial charge in [0.25, 0.3) is 0 Å². The second kappa shape index (κ2) is 5.69. The average molecular weight is 386 g/mol. The maximum absolute atomic E-state index is 10.2. The zero-order valence-corrected chi connectivity index (χ0v) is 15.9. The van der Waals surface area contributed by atoms with E-state index in [1.165, 1.54) is 33.1 Å². The molecule has 2 aliphatic heterocycles. The molecule has 0 radical (unpaired) electrons. The number of rotatable bonds is 4. The summed E-state index contributed by atoms with van der Waals surface area (Å²) < 4.78 is 22.1. The predicted octanol–water partition coefficient (Wildman–Crippen LogP) is 1.62. The normalized spacial score (nSPS) is 35.7. The lowest BCUT2D eigenvalue weighted by molar-refractivity contribution is 0.0200. The van der Waals surface area contributed by atoms with E-state index in [1.54, 1.807) is 12.1 Å². The molecule has 1 aliphatic carbocycles. The van der Waals surface area contributed by atoms with E-state index in [-0.39, 0.29) is 5.84 Å². The highest BCUT2D eigenvalue weighted by atomic mass is 32.2. The number of nitriles is 2. The zero-order valence-electron chi connectivity index (χ0n) is 15.1. The molecule has 140 valence electrons. The van der Waals surface area contributed by atoms with Gasteiger partial charge in [-0.1, -0.05) is 11.8 Å². The van der Waals surface area contributed by atoms with Crippen molar-refractivity contribution >= 4 is 17.6 Å². The fraction of sp³-hybridized carbons (Fsp3) is 0.500. The number of ether oxygens (including phenoxy) is 4. The van der Waals surface area contributed by atoms with E-state index >= 15 is 0 Å². The Morgan fingerprint density at radius 2 is 1.85 bits per heavy atom. The Bertz CT molecular complexity index is 905. The van der Waals surface area contributed by atoms with Crippen LogP contribution in [0.25, 0.3) is 0 Å². The van der Waals surface area contributed by atoms with Gasteiger partial charge in [-0.2, -0.15) is 10.5 Å². The van der Waals surface area contributed by atoms with Crippen LogP contribution in [0.15, 0.2) is 17.1 Å². The number of benzene rings is 1. The molecule has 2 heterocycles. The number of nitrogens with two attached hydrogens (primary N) is 1. The molecule has 3 aliphatic rings. The van der Waals surface area contributed by atoms with Crippen LogP contribution < -0.4 is 19.9 Å². The summed E-state index contributed by atoms with van der Waals surface area (Å²) in [5, 5.41) is 19.1. The van der Waals surface area contributed by atoms with E-state index in [0.717, 1.165) is 0 Å². The van der Waals surface area contributed by atoms with Crippen molar-refractivity contribution in [2.24, 2.45) is 21.6 Å². The van der Waals surface area contributed by atoms with Gasteiger partial charge in [0.1, 0.15) is 11.3 Å². The van der Waals surface area contributed by atoms with E-state index in [2.05, 4.69) is 17.1 Å². The zero-order chi connectivity index (χ0) is 19.4. The van der Waals surface area contributed by atoms with Crippen LogP contribution in [0.3, 0.4) is 0 Å². The van der Waals surface area contributed by atoms with Gasteiger partial charge < -0.3 is 24.7 Å². The fourth-order valence-corrected chi connectivity index (χ4v) is 5.81. The first-order valence-electron chi connectivity index (χ1n) is 8.28. The summed E-state index contributed by atoms with van der Waals surface area (Å²) in [6.45, 7) is 0.453. The molecule has 1 saturated heterocycles. The predicted molar refractivity (Wildman–Crippen MR) is 97.7 cm³/mol. The maximum atomic E-state index is 10.2. The van der Waals surface area contributed by atoms with Crippen molar-refractivity contribution in [3.8, 4) is 29.4 Å². The van der Waals surface area contributed by atoms with Crippen molar-refractivity contribution in [1.29, 1.82) is 10.5 Å². The summed E-state index contributed by atoms with van der Waals surface area (Å²) in [6.07, 6.45) is 0. The number of hydrogen-bond acceptors (Lipinski definition) is 9. The second-order valence-electron chi connectivity index (χ2n) is 6.51. The van der Waals surface area contributed by atoms with Crippen molar-refractivity contribution < 1.29 is 18.9 Å². The van der Waals surface area contributed by atoms with Gasteiger partial charge >= 0.3 is 0 Å². The van der Waals surface area contributed by atoms with E-state index in [0.29, 0.717) is 35.2 Å². The summed E-state index contributed by atoms with van der Waals surface area (Å²) >= 11 is 1.42. The smallest absolute Gasteiger partial charge is 0.230 e. The van der Waals surface area contributed by atoms with E-state index < -0.39 is 21.8 Å². The van der Waals surface area contributed by atoms with Crippen molar-refractivity contribution in [3.05, 3.63) is 17.7 Å². The Labute approximate surface area is 160 Å². The third kappa shape index (κ3) is 1.78. The number of thioether (sulfide) groups is 1. The number of nitrogens with zero attached hydrogens (tertiary/aromatic N) is 3. The van der Waals surface area contributed by atoms with Gasteiger partial charge in [-0.25, -0.2) is 4.99 Å². The van der Waals surface area contributed by atoms with Gasteiger partial charge in [-0.3, -0.25) is 0 Å². The lowest BCUT2D eigenvalue weighted by Gasteiger charge is -2.26. The first kappa shape index (κ1) is 17.8. The van der Waals surface area contributed by atoms with Gasteiger partial charge in [-0.15, -0.1) is 0 Å². The van der Waals surface area contributed by atoms with Crippen molar-refractivity contribution in [2.45, 2.75) is 11.0 Å². The average Bonchev–Trinajstić information content (AvgIpc) is 2.95. The Balaban J connectivity index is 1.93. The lowest BCUT2D eigenvalue weighted by Crippen LogP contribution is -2.34. The molecule has 1 aromatic carbocycles. The highest BCUT2D eigenvalue weighted by Crippen LogP contribution is 2.84. The van der Waals surface area contributed by atoms with Crippen LogP contribution in [0.2, 0.25) is 0 Å². The summed E-state index contributed by atoms with van der Waals surface area (Å²) in [5.41, 5.74) is 4.45. The first-order valence-corrected chi connectivity index (χ1v) is 9.26. The maximum Gasteiger partial charge on any atom is 0.230 e. The minimum Gasteiger partial charge on any atom is -0.493 e. The van der Waals surface area contributed by atoms with Crippen molar-refractivity contribution in [2.75, 3.05) is 33.7 Å². The standard InChI is InChI=1S/C18H18N4O4S/c1-23-11-6-10(7-12(24-2)13(11)25-3)14-16(8-19)15(21)22-18(17(14,16)9-20)26-4-5-27-18/h6-7,14H,4-5H2,1-3H3,(H2,21,22)/t14-,16-,17-,18-/m1/s1. The van der Waals surface area contributed by atoms with Crippen LogP contribution >= 0.6 is 11.8 Å². The quantitative estimate of drug-likeness (QED) is 0.828. The summed E-state index contributed by atoms with van der Waals surface area (Å²) in [4.78, 5) is 4.43. The van der Waals surface area contributed by atoms with E-state index in [1.807, 2.05) is 0 Å². The molecule has 1 aromatic rings. The highest BCUT2D eigenvalue weighted by Gasteiger charge is 2.93. The number of fused-ring (bicyclic) bond motifs is 2. The molecule has 4 atom stereocenters. The number of methoxy groups -OCH3 is 3. The monoisotopic (exact) mass is 386 g/mol. The van der Waals surface area contributed by atoms with E-state index in [9.17, 15) is 10.5 Å². The third-order valence-electron chi connectivity index (χ3n) is 5.63. The number of aliphatic imine (C=N–C) groups is 1. The van der Waals surface area contributed by atoms with Crippen molar-refractivity contribution in [1.82, 2.24) is 0 Å². The topological polar surface area (TPSA) is 123 Å². The van der Waals surface area contributed by atoms with Gasteiger partial charge in [0, 0.05) is 11.7 Å². The van der Waals surface area contributed by atoms with E-state index in [4.69, 9.17) is 24.7 Å². The Kier molecular flexibility index (Phi) is 3.74. The van der Waals surface area contributed by atoms with Crippen LogP contribution in [0, 0.1) is 33.5 Å². The molecular formula is C18H18N4O4S. The highest BCUT2D eigenvalue weighted by molar-refractivity contribution is 8.00. The lowest BCUT2D eigenvalue weighted by atomic mass is 9.95. The van der Waals surface area contributed by atoms with Crippen LogP contribution in [0.1, 0.15) is 11.5 Å². The van der Waals surface area contributed by atoms with Gasteiger partial charge in [0.05, 0.1) is 40.1 Å². The minimum absolute atomic E-state index is 0.139. The Morgan fingerprint density at radius 3 is 2.30 bits per heavy atom. The van der Waals surface area contributed by atoms with Gasteiger partial charge in [-0.05, 0) is 17.7 Å². The number of amidine groups is 1. The number of hydrogen-bond donors (Lipinski definition) is 1. The minimum atomic E-state index is -1.25. The molecule has 1 spiro atoms. The Hall–Kier alpha value is -2.62. The molecule has 2 N–H and O–H groups in total. The van der Waals surface area contributed by atoms with Gasteiger partial charge in [0.15, 0.2) is 16.9 Å². The molecule has 2 fully saturated rings. The first-order chi connectivity index (χ1) is 13.0. The molecule has 8 nitrogen and oxygen atoms in total. The summed E-state index contributed by atoms with van der Waals surface area (Å²) in [5.74, 6) is 1.64. The largest absolute Gasteiger partial charge is 0.493 e. The van der Waals surface area contributed by atoms with Crippen LogP contribution in [0.5, 0.6) is 17.2 Å². The molecule has 0 bridgehead atoms. The third-order valence-corrected chi connectivity index (χ3v) is 6.92. The second-order valence-corrected chi connectivity index (χ2v) is 7.76. The molecule has 0 amide bonds. The molecule has 9 heteroatoms. The van der Waals surface area contributed by atoms with Crippen LogP contribution in [-0.2, 0) is 4.74 Å². The molecule has 27 heavy (non-hydrogen) atoms. The molecular weight excluding hydrogens is 368 g/mol. The molecule has 0 aromatic heterocycles. The summed E-state index contributed by atoms with van der Waals surface area (Å²) in [7, 11) is 4.55. The molecule has 0 unspecified atom stereocenters. The SMILES string of the molecule is COc1cc([C@H]2[C@@]3(C#N)[C@@]4(N=C(N)[C@@]23C#N)OCCS4)cc(OC)c1OC. The van der Waals surface area contributed by atoms with Crippen LogP contribution in [-0.4, -0.2) is 44.6 Å². The molecule has 1 saturated carbocycles. The van der Waals surface area contributed by atoms with Crippen LogP contribution in [0.4, 0.5) is 0 Å². The molecule has 4 rings (SSSR count). The summed E-state index contributed by atoms with van der Waals surface area (Å²) in [6, 6.07) is 8.13. The van der Waals surface area contributed by atoms with Crippen molar-refractivity contribution in [3.63, 3.8) is 0 Å². The van der Waals surface area contributed by atoms with Gasteiger partial charge in [0.2, 0.25) is 10.8 Å². The Morgan fingerprint density at radius 1 is 1.19 bits per heavy atom.